The van der Waals surface area contributed by atoms with Crippen molar-refractivity contribution in [3.8, 4) is 0 Å². The zero-order valence-electron chi connectivity index (χ0n) is 11.0. The number of alkyl halides is 3. The van der Waals surface area contributed by atoms with Crippen LogP contribution in [-0.2, 0) is 12.7 Å². The molecule has 0 atom stereocenters. The first kappa shape index (κ1) is 14.6. The van der Waals surface area contributed by atoms with Gasteiger partial charge in [0.2, 0.25) is 11.0 Å². The van der Waals surface area contributed by atoms with Gasteiger partial charge in [-0.3, -0.25) is 0 Å². The molecule has 0 radical (unpaired) electrons. The number of para-hydroxylation sites is 1. The second-order valence-electron chi connectivity index (χ2n) is 4.48. The van der Waals surface area contributed by atoms with Crippen molar-refractivity contribution in [3.05, 3.63) is 53.2 Å². The maximum Gasteiger partial charge on any atom is 0.449 e. The van der Waals surface area contributed by atoms with Crippen molar-refractivity contribution < 1.29 is 17.6 Å². The monoisotopic (exact) mass is 327 g/mol. The lowest BCUT2D eigenvalue weighted by Crippen LogP contribution is -2.04. The van der Waals surface area contributed by atoms with Crippen LogP contribution >= 0.6 is 11.6 Å². The van der Waals surface area contributed by atoms with Gasteiger partial charge in [-0.2, -0.15) is 13.2 Å². The van der Waals surface area contributed by atoms with Crippen LogP contribution in [0.1, 0.15) is 11.5 Å². The number of rotatable bonds is 3. The van der Waals surface area contributed by atoms with Crippen LogP contribution in [0.2, 0.25) is 5.28 Å². The number of fused-ring (bicyclic) bond motifs is 1. The number of furan rings is 1. The minimum absolute atomic E-state index is 0.0490. The van der Waals surface area contributed by atoms with E-state index in [9.17, 15) is 13.2 Å². The fraction of sp³-hybridized carbons (Fsp3) is 0.143. The summed E-state index contributed by atoms with van der Waals surface area (Å²) in [5.74, 6) is -0.457. The average Bonchev–Trinajstić information content (AvgIpc) is 2.93. The summed E-state index contributed by atoms with van der Waals surface area (Å²) in [6, 6.07) is 9.32. The van der Waals surface area contributed by atoms with Gasteiger partial charge in [-0.25, -0.2) is 9.97 Å². The van der Waals surface area contributed by atoms with Crippen LogP contribution in [0, 0.1) is 0 Å². The Morgan fingerprint density at radius 3 is 2.59 bits per heavy atom. The van der Waals surface area contributed by atoms with Crippen LogP contribution in [0.25, 0.3) is 10.9 Å². The number of nitrogens with one attached hydrogen (secondary N) is 1. The Bertz CT molecular complexity index is 816. The Morgan fingerprint density at radius 1 is 1.09 bits per heavy atom. The van der Waals surface area contributed by atoms with Crippen molar-refractivity contribution in [1.29, 1.82) is 0 Å². The molecule has 3 aromatic rings. The van der Waals surface area contributed by atoms with Crippen LogP contribution in [0.15, 0.2) is 40.8 Å². The summed E-state index contributed by atoms with van der Waals surface area (Å²) in [5, 5.41) is 3.68. The molecule has 0 spiro atoms. The van der Waals surface area contributed by atoms with E-state index >= 15 is 0 Å². The molecule has 0 amide bonds. The molecular weight excluding hydrogens is 319 g/mol. The van der Waals surface area contributed by atoms with E-state index in [1.54, 1.807) is 24.3 Å². The highest BCUT2D eigenvalue weighted by Gasteiger charge is 2.34. The molecule has 0 aliphatic carbocycles. The molecule has 114 valence electrons. The van der Waals surface area contributed by atoms with E-state index in [-0.39, 0.29) is 17.6 Å². The molecule has 1 N–H and O–H groups in total. The summed E-state index contributed by atoms with van der Waals surface area (Å²) in [6.07, 6.45) is -4.50. The molecule has 2 heterocycles. The minimum Gasteiger partial charge on any atom is -0.455 e. The lowest BCUT2D eigenvalue weighted by atomic mass is 10.2. The molecule has 8 heteroatoms. The smallest absolute Gasteiger partial charge is 0.449 e. The molecule has 0 unspecified atom stereocenters. The number of anilines is 1. The highest BCUT2D eigenvalue weighted by Crippen LogP contribution is 2.31. The van der Waals surface area contributed by atoms with Crippen molar-refractivity contribution in [2.24, 2.45) is 0 Å². The van der Waals surface area contributed by atoms with Crippen molar-refractivity contribution >= 4 is 28.3 Å². The first-order valence-corrected chi connectivity index (χ1v) is 6.63. The first-order valence-electron chi connectivity index (χ1n) is 6.25. The van der Waals surface area contributed by atoms with Gasteiger partial charge in [0.25, 0.3) is 0 Å². The van der Waals surface area contributed by atoms with Crippen LogP contribution in [0.4, 0.5) is 19.0 Å². The van der Waals surface area contributed by atoms with E-state index < -0.39 is 11.9 Å². The number of hydrogen-bond donors (Lipinski definition) is 1. The molecule has 1 aromatic carbocycles. The maximum atomic E-state index is 12.5. The molecule has 0 aliphatic rings. The highest BCUT2D eigenvalue weighted by molar-refractivity contribution is 6.28. The van der Waals surface area contributed by atoms with Crippen molar-refractivity contribution in [3.63, 3.8) is 0 Å². The second kappa shape index (κ2) is 5.49. The van der Waals surface area contributed by atoms with E-state index in [4.69, 9.17) is 16.0 Å². The third kappa shape index (κ3) is 2.99. The zero-order chi connectivity index (χ0) is 15.7. The van der Waals surface area contributed by atoms with Gasteiger partial charge in [0.1, 0.15) is 11.6 Å². The summed E-state index contributed by atoms with van der Waals surface area (Å²) in [6.45, 7) is 0.0490. The van der Waals surface area contributed by atoms with Crippen molar-refractivity contribution in [1.82, 2.24) is 9.97 Å². The Morgan fingerprint density at radius 2 is 1.86 bits per heavy atom. The van der Waals surface area contributed by atoms with Crippen LogP contribution in [0.3, 0.4) is 0 Å². The number of nitrogens with zero attached hydrogens (tertiary/aromatic N) is 2. The van der Waals surface area contributed by atoms with Crippen molar-refractivity contribution in [2.45, 2.75) is 12.7 Å². The lowest BCUT2D eigenvalue weighted by Gasteiger charge is -2.08. The SMILES string of the molecule is FC(F)(F)c1ccc(CNc2nc(Cl)nc3ccccc23)o1. The van der Waals surface area contributed by atoms with Gasteiger partial charge in [0.15, 0.2) is 0 Å². The van der Waals surface area contributed by atoms with E-state index in [0.717, 1.165) is 11.5 Å². The molecular formula is C14H9ClF3N3O. The Labute approximate surface area is 127 Å². The molecule has 0 bridgehead atoms. The van der Waals surface area contributed by atoms with E-state index in [2.05, 4.69) is 15.3 Å². The van der Waals surface area contributed by atoms with Gasteiger partial charge in [0.05, 0.1) is 12.1 Å². The lowest BCUT2D eigenvalue weighted by molar-refractivity contribution is -0.153. The maximum absolute atomic E-state index is 12.5. The van der Waals surface area contributed by atoms with Crippen LogP contribution in [0.5, 0.6) is 0 Å². The normalized spacial score (nSPS) is 11.8. The number of hydrogen-bond acceptors (Lipinski definition) is 4. The first-order chi connectivity index (χ1) is 10.4. The molecule has 0 saturated heterocycles. The molecule has 0 aliphatic heterocycles. The predicted octanol–water partition coefficient (Wildman–Crippen LogP) is 4.51. The molecule has 2 aromatic heterocycles. The Balaban J connectivity index is 1.84. The third-order valence-electron chi connectivity index (χ3n) is 2.95. The van der Waals surface area contributed by atoms with E-state index in [0.29, 0.717) is 11.3 Å². The summed E-state index contributed by atoms with van der Waals surface area (Å²) >= 11 is 5.84. The second-order valence-corrected chi connectivity index (χ2v) is 4.81. The van der Waals surface area contributed by atoms with Crippen LogP contribution < -0.4 is 5.32 Å². The Kier molecular flexibility index (Phi) is 3.66. The van der Waals surface area contributed by atoms with Gasteiger partial charge in [0, 0.05) is 5.39 Å². The van der Waals surface area contributed by atoms with E-state index in [1.807, 2.05) is 0 Å². The standard InChI is InChI=1S/C14H9ClF3N3O/c15-13-20-10-4-2-1-3-9(10)12(21-13)19-7-8-5-6-11(22-8)14(16,17)18/h1-6H,7H2,(H,19,20,21). The topological polar surface area (TPSA) is 51.0 Å². The Hall–Kier alpha value is -2.28. The molecule has 22 heavy (non-hydrogen) atoms. The van der Waals surface area contributed by atoms with Crippen LogP contribution in [-0.4, -0.2) is 9.97 Å². The summed E-state index contributed by atoms with van der Waals surface area (Å²) in [5.41, 5.74) is 0.639. The predicted molar refractivity (Wildman–Crippen MR) is 75.6 cm³/mol. The number of aromatic nitrogens is 2. The third-order valence-corrected chi connectivity index (χ3v) is 3.12. The van der Waals surface area contributed by atoms with Gasteiger partial charge >= 0.3 is 6.18 Å². The fourth-order valence-corrected chi connectivity index (χ4v) is 2.15. The minimum atomic E-state index is -4.50. The quantitative estimate of drug-likeness (QED) is 0.719. The average molecular weight is 328 g/mol. The van der Waals surface area contributed by atoms with Crippen molar-refractivity contribution in [2.75, 3.05) is 5.32 Å². The van der Waals surface area contributed by atoms with Gasteiger partial charge < -0.3 is 9.73 Å². The van der Waals surface area contributed by atoms with Gasteiger partial charge in [-0.15, -0.1) is 0 Å². The van der Waals surface area contributed by atoms with Gasteiger partial charge in [-0.1, -0.05) is 12.1 Å². The zero-order valence-corrected chi connectivity index (χ0v) is 11.7. The fourth-order valence-electron chi connectivity index (χ4n) is 1.98. The molecule has 3 rings (SSSR count). The molecule has 0 fully saturated rings. The van der Waals surface area contributed by atoms with E-state index in [1.165, 1.54) is 6.07 Å². The summed E-state index contributed by atoms with van der Waals surface area (Å²) in [4.78, 5) is 8.12. The highest BCUT2D eigenvalue weighted by atomic mass is 35.5. The molecule has 4 nitrogen and oxygen atoms in total. The summed E-state index contributed by atoms with van der Waals surface area (Å²) < 4.78 is 42.2. The number of halogens is 4. The number of benzene rings is 1. The summed E-state index contributed by atoms with van der Waals surface area (Å²) in [7, 11) is 0. The van der Waals surface area contributed by atoms with Gasteiger partial charge in [-0.05, 0) is 35.9 Å². The largest absolute Gasteiger partial charge is 0.455 e. The molecule has 0 saturated carbocycles.